The van der Waals surface area contributed by atoms with E-state index in [0.717, 1.165) is 24.3 Å². The molecule has 0 aliphatic rings. The lowest BCUT2D eigenvalue weighted by molar-refractivity contribution is -0.143. The fourth-order valence-electron chi connectivity index (χ4n) is 2.49. The summed E-state index contributed by atoms with van der Waals surface area (Å²) < 4.78 is 68.1. The number of sulfonamides is 1. The van der Waals surface area contributed by atoms with Gasteiger partial charge in [0.05, 0.1) is 15.1 Å². The van der Waals surface area contributed by atoms with Crippen LogP contribution < -0.4 is 4.72 Å². The van der Waals surface area contributed by atoms with Crippen molar-refractivity contribution >= 4 is 73.9 Å². The van der Waals surface area contributed by atoms with E-state index >= 15 is 0 Å². The summed E-state index contributed by atoms with van der Waals surface area (Å²) in [5.74, 6) is -1.74. The number of aromatic nitrogens is 3. The summed E-state index contributed by atoms with van der Waals surface area (Å²) in [4.78, 5) is 11.9. The Morgan fingerprint density at radius 3 is 2.09 bits per heavy atom. The molecule has 1 N–H and O–H groups in total. The summed E-state index contributed by atoms with van der Waals surface area (Å²) >= 11 is 29.2. The molecule has 0 spiro atoms. The summed E-state index contributed by atoms with van der Waals surface area (Å²) in [5, 5.41) is 5.48. The van der Waals surface area contributed by atoms with Crippen molar-refractivity contribution in [3.63, 3.8) is 0 Å². The molecule has 1 amide bonds. The van der Waals surface area contributed by atoms with Crippen LogP contribution in [-0.4, -0.2) is 29.3 Å². The average molecular weight is 569 g/mol. The molecule has 0 atom stereocenters. The first-order valence-electron chi connectivity index (χ1n) is 7.92. The van der Waals surface area contributed by atoms with E-state index in [1.165, 1.54) is 10.8 Å². The number of hydrogen-bond donors (Lipinski definition) is 1. The number of alkyl halides is 3. The summed E-state index contributed by atoms with van der Waals surface area (Å²) in [5.41, 5.74) is -3.56. The van der Waals surface area contributed by atoms with Crippen LogP contribution in [0.4, 0.5) is 13.2 Å². The molecule has 3 aromatic rings. The smallest absolute Gasteiger partial charge is 0.266 e. The number of benzene rings is 2. The molecule has 0 saturated carbocycles. The van der Waals surface area contributed by atoms with Gasteiger partial charge in [-0.15, -0.1) is 5.10 Å². The monoisotopic (exact) mass is 566 g/mol. The highest BCUT2D eigenvalue weighted by atomic mass is 35.5. The van der Waals surface area contributed by atoms with Crippen molar-refractivity contribution in [1.82, 2.24) is 19.7 Å². The second-order valence-corrected chi connectivity index (χ2v) is 9.67. The average Bonchev–Trinajstić information content (AvgIpc) is 3.07. The Morgan fingerprint density at radius 1 is 0.938 bits per heavy atom. The summed E-state index contributed by atoms with van der Waals surface area (Å²) in [6, 6.07) is 5.51. The first-order valence-corrected chi connectivity index (χ1v) is 11.3. The highest BCUT2D eigenvalue weighted by Gasteiger charge is 2.43. The Morgan fingerprint density at radius 2 is 1.53 bits per heavy atom. The first kappa shape index (κ1) is 24.9. The van der Waals surface area contributed by atoms with E-state index in [-0.39, 0.29) is 29.8 Å². The molecule has 7 nitrogen and oxygen atoms in total. The molecular weight excluding hydrogens is 563 g/mol. The van der Waals surface area contributed by atoms with E-state index in [0.29, 0.717) is 0 Å². The molecule has 0 radical (unpaired) electrons. The number of amides is 1. The predicted molar refractivity (Wildman–Crippen MR) is 113 cm³/mol. The van der Waals surface area contributed by atoms with Crippen LogP contribution in [0.3, 0.4) is 0 Å². The quantitative estimate of drug-likeness (QED) is 0.438. The number of hydrogen-bond acceptors (Lipinski definition) is 5. The molecule has 3 rings (SSSR count). The van der Waals surface area contributed by atoms with Crippen molar-refractivity contribution < 1.29 is 26.4 Å². The van der Waals surface area contributed by atoms with Crippen LogP contribution in [0.25, 0.3) is 5.69 Å². The van der Waals surface area contributed by atoms with Crippen LogP contribution in [0, 0.1) is 0 Å². The van der Waals surface area contributed by atoms with Crippen molar-refractivity contribution in [3.05, 3.63) is 66.8 Å². The van der Waals surface area contributed by atoms with E-state index in [4.69, 9.17) is 58.0 Å². The number of carbonyl (C=O) groups is 1. The standard InChI is InChI=1S/C16H6Cl5F3N4O3S/c17-6-1-2-8(19)11(5-6)32(30,31)26-15(29)12-14(16(22,23)24)28(27-25-12)13-9(20)3-7(18)4-10(13)21/h1-5H,(H,26,29). The molecule has 1 heterocycles. The zero-order chi connectivity index (χ0) is 24.0. The highest BCUT2D eigenvalue weighted by molar-refractivity contribution is 7.90. The van der Waals surface area contributed by atoms with Gasteiger partial charge in [-0.25, -0.2) is 17.8 Å². The Bertz CT molecular complexity index is 1320. The minimum absolute atomic E-state index is 0.0277. The number of rotatable bonds is 4. The lowest BCUT2D eigenvalue weighted by Crippen LogP contribution is -2.33. The molecule has 0 saturated heterocycles. The Kier molecular flexibility index (Phi) is 6.90. The van der Waals surface area contributed by atoms with Gasteiger partial charge in [0.2, 0.25) is 0 Å². The minimum atomic E-state index is -5.22. The third-order valence-electron chi connectivity index (χ3n) is 3.76. The van der Waals surface area contributed by atoms with Gasteiger partial charge in [-0.1, -0.05) is 63.2 Å². The zero-order valence-electron chi connectivity index (χ0n) is 14.9. The predicted octanol–water partition coefficient (Wildman–Crippen LogP) is 5.67. The van der Waals surface area contributed by atoms with E-state index < -0.39 is 44.1 Å². The number of nitrogens with zero attached hydrogens (tertiary/aromatic N) is 3. The molecule has 32 heavy (non-hydrogen) atoms. The third-order valence-corrected chi connectivity index (χ3v) is 6.60. The number of carbonyl (C=O) groups excluding carboxylic acids is 1. The minimum Gasteiger partial charge on any atom is -0.266 e. The maximum absolute atomic E-state index is 13.8. The van der Waals surface area contributed by atoms with Crippen LogP contribution in [0.5, 0.6) is 0 Å². The van der Waals surface area contributed by atoms with Crippen molar-refractivity contribution in [1.29, 1.82) is 0 Å². The van der Waals surface area contributed by atoms with E-state index in [1.807, 2.05) is 0 Å². The fourth-order valence-corrected chi connectivity index (χ4v) is 5.18. The lowest BCUT2D eigenvalue weighted by Gasteiger charge is -2.14. The Labute approximate surface area is 203 Å². The summed E-state index contributed by atoms with van der Waals surface area (Å²) in [6.07, 6.45) is -5.22. The van der Waals surface area contributed by atoms with Gasteiger partial charge in [0, 0.05) is 10.0 Å². The van der Waals surface area contributed by atoms with Crippen molar-refractivity contribution in [2.75, 3.05) is 0 Å². The zero-order valence-corrected chi connectivity index (χ0v) is 19.5. The van der Waals surface area contributed by atoms with Gasteiger partial charge in [-0.2, -0.15) is 13.2 Å². The lowest BCUT2D eigenvalue weighted by atomic mass is 10.2. The maximum atomic E-state index is 13.8. The Hall–Kier alpha value is -1.76. The second-order valence-electron chi connectivity index (χ2n) is 5.92. The highest BCUT2D eigenvalue weighted by Crippen LogP contribution is 2.38. The normalized spacial score (nSPS) is 12.1. The van der Waals surface area contributed by atoms with Gasteiger partial charge in [-0.3, -0.25) is 4.79 Å². The summed E-state index contributed by atoms with van der Waals surface area (Å²) in [7, 11) is -4.73. The summed E-state index contributed by atoms with van der Waals surface area (Å²) in [6.45, 7) is 0. The topological polar surface area (TPSA) is 93.9 Å². The first-order chi connectivity index (χ1) is 14.7. The van der Waals surface area contributed by atoms with Crippen LogP contribution in [0.2, 0.25) is 25.1 Å². The van der Waals surface area contributed by atoms with Gasteiger partial charge in [0.25, 0.3) is 15.9 Å². The van der Waals surface area contributed by atoms with Gasteiger partial charge in [0.15, 0.2) is 11.4 Å². The molecule has 170 valence electrons. The van der Waals surface area contributed by atoms with Crippen LogP contribution in [0.1, 0.15) is 16.2 Å². The molecule has 0 unspecified atom stereocenters. The van der Waals surface area contributed by atoms with Gasteiger partial charge in [-0.05, 0) is 30.3 Å². The maximum Gasteiger partial charge on any atom is 0.435 e. The molecule has 16 heteroatoms. The third kappa shape index (κ3) is 4.92. The SMILES string of the molecule is O=C(NS(=O)(=O)c1cc(Cl)ccc1Cl)c1nnn(-c2c(Cl)cc(Cl)cc2Cl)c1C(F)(F)F. The van der Waals surface area contributed by atoms with Gasteiger partial charge < -0.3 is 0 Å². The van der Waals surface area contributed by atoms with Gasteiger partial charge >= 0.3 is 6.18 Å². The Balaban J connectivity index is 2.12. The fraction of sp³-hybridized carbons (Fsp3) is 0.0625. The molecule has 2 aromatic carbocycles. The van der Waals surface area contributed by atoms with Gasteiger partial charge in [0.1, 0.15) is 10.6 Å². The van der Waals surface area contributed by atoms with E-state index in [9.17, 15) is 26.4 Å². The molecular formula is C16H6Cl5F3N4O3S. The molecule has 0 aliphatic heterocycles. The van der Waals surface area contributed by atoms with E-state index in [1.54, 1.807) is 0 Å². The number of nitrogens with one attached hydrogen (secondary N) is 1. The second kappa shape index (κ2) is 8.88. The molecule has 0 aliphatic carbocycles. The van der Waals surface area contributed by atoms with Crippen molar-refractivity contribution in [3.8, 4) is 5.69 Å². The van der Waals surface area contributed by atoms with Crippen molar-refractivity contribution in [2.24, 2.45) is 0 Å². The van der Waals surface area contributed by atoms with Crippen LogP contribution >= 0.6 is 58.0 Å². The van der Waals surface area contributed by atoms with Crippen LogP contribution in [0.15, 0.2) is 35.2 Å². The molecule has 1 aromatic heterocycles. The molecule has 0 fully saturated rings. The van der Waals surface area contributed by atoms with Crippen molar-refractivity contribution in [2.45, 2.75) is 11.1 Å². The number of halogens is 8. The molecule has 0 bridgehead atoms. The largest absolute Gasteiger partial charge is 0.435 e. The van der Waals surface area contributed by atoms with E-state index in [2.05, 4.69) is 10.3 Å². The van der Waals surface area contributed by atoms with Crippen LogP contribution in [-0.2, 0) is 16.2 Å².